The first-order chi connectivity index (χ1) is 13.6. The first-order valence-corrected chi connectivity index (χ1v) is 9.18. The van der Waals surface area contributed by atoms with Gasteiger partial charge in [0.15, 0.2) is 17.1 Å². The van der Waals surface area contributed by atoms with E-state index < -0.39 is 5.60 Å². The van der Waals surface area contributed by atoms with Gasteiger partial charge in [-0.15, -0.1) is 0 Å². The molecule has 2 aromatic carbocycles. The van der Waals surface area contributed by atoms with Crippen LogP contribution >= 0.6 is 0 Å². The van der Waals surface area contributed by atoms with E-state index >= 15 is 0 Å². The summed E-state index contributed by atoms with van der Waals surface area (Å²) >= 11 is 0. The fraction of sp³-hybridized carbons (Fsp3) is 0.333. The number of hydrogen-bond donors (Lipinski definition) is 1. The number of likely N-dealkylation sites (tertiary alicyclic amines) is 1. The Hall–Kier alpha value is -3.22. The maximum Gasteiger partial charge on any atom is 0.339 e. The third kappa shape index (κ3) is 2.93. The SMILES string of the molecule is COc1cccc(NC(=O)N2CCCC3(C2)OC(=O)c2ccccc23)c1OC. The van der Waals surface area contributed by atoms with Gasteiger partial charge in [0.1, 0.15) is 0 Å². The number of amides is 2. The van der Waals surface area contributed by atoms with Crippen molar-refractivity contribution < 1.29 is 23.8 Å². The van der Waals surface area contributed by atoms with Gasteiger partial charge < -0.3 is 24.4 Å². The van der Waals surface area contributed by atoms with Crippen LogP contribution in [-0.2, 0) is 10.3 Å². The van der Waals surface area contributed by atoms with E-state index in [9.17, 15) is 9.59 Å². The molecule has 2 amide bonds. The molecule has 1 fully saturated rings. The van der Waals surface area contributed by atoms with Gasteiger partial charge in [0.05, 0.1) is 32.0 Å². The van der Waals surface area contributed by atoms with Gasteiger partial charge in [-0.05, 0) is 31.0 Å². The quantitative estimate of drug-likeness (QED) is 0.824. The van der Waals surface area contributed by atoms with Gasteiger partial charge in [-0.3, -0.25) is 0 Å². The fourth-order valence-electron chi connectivity index (χ4n) is 4.02. The molecule has 2 aromatic rings. The van der Waals surface area contributed by atoms with Crippen LogP contribution in [0.5, 0.6) is 11.5 Å². The molecule has 0 aliphatic carbocycles. The van der Waals surface area contributed by atoms with Crippen molar-refractivity contribution in [3.05, 3.63) is 53.6 Å². The minimum atomic E-state index is -0.776. The number of benzene rings is 2. The highest BCUT2D eigenvalue weighted by molar-refractivity contribution is 5.95. The molecule has 2 heterocycles. The summed E-state index contributed by atoms with van der Waals surface area (Å²) in [6, 6.07) is 12.4. The van der Waals surface area contributed by atoms with Crippen LogP contribution in [0, 0.1) is 0 Å². The van der Waals surface area contributed by atoms with Crippen LogP contribution in [0.3, 0.4) is 0 Å². The van der Waals surface area contributed by atoms with Crippen LogP contribution in [0.4, 0.5) is 10.5 Å². The monoisotopic (exact) mass is 382 g/mol. The second-order valence-electron chi connectivity index (χ2n) is 6.93. The van der Waals surface area contributed by atoms with E-state index in [1.165, 1.54) is 7.11 Å². The van der Waals surface area contributed by atoms with Gasteiger partial charge in [0.2, 0.25) is 0 Å². The molecule has 1 unspecified atom stereocenters. The standard InChI is InChI=1S/C21H22N2O5/c1-26-17-10-5-9-16(18(17)27-2)22-20(25)23-12-6-11-21(13-23)15-8-4-3-7-14(15)19(24)28-21/h3-5,7-10H,6,11-13H2,1-2H3,(H,22,25). The highest BCUT2D eigenvalue weighted by atomic mass is 16.6. The van der Waals surface area contributed by atoms with Crippen molar-refractivity contribution in [2.45, 2.75) is 18.4 Å². The second kappa shape index (κ2) is 7.07. The summed E-state index contributed by atoms with van der Waals surface area (Å²) in [4.78, 5) is 26.9. The lowest BCUT2D eigenvalue weighted by atomic mass is 9.85. The number of carbonyl (C=O) groups is 2. The van der Waals surface area contributed by atoms with Crippen molar-refractivity contribution in [2.75, 3.05) is 32.6 Å². The van der Waals surface area contributed by atoms with E-state index in [4.69, 9.17) is 14.2 Å². The Morgan fingerprint density at radius 1 is 1.14 bits per heavy atom. The Morgan fingerprint density at radius 2 is 1.96 bits per heavy atom. The van der Waals surface area contributed by atoms with Gasteiger partial charge in [-0.25, -0.2) is 9.59 Å². The molecule has 7 heteroatoms. The van der Waals surface area contributed by atoms with Crippen molar-refractivity contribution in [3.8, 4) is 11.5 Å². The Kier molecular flexibility index (Phi) is 4.58. The van der Waals surface area contributed by atoms with Crippen LogP contribution in [0.2, 0.25) is 0 Å². The van der Waals surface area contributed by atoms with Crippen LogP contribution in [0.25, 0.3) is 0 Å². The summed E-state index contributed by atoms with van der Waals surface area (Å²) in [5, 5.41) is 2.89. The molecular weight excluding hydrogens is 360 g/mol. The van der Waals surface area contributed by atoms with Crippen molar-refractivity contribution in [3.63, 3.8) is 0 Å². The lowest BCUT2D eigenvalue weighted by Gasteiger charge is -2.39. The molecule has 28 heavy (non-hydrogen) atoms. The van der Waals surface area contributed by atoms with Gasteiger partial charge in [-0.1, -0.05) is 24.3 Å². The van der Waals surface area contributed by atoms with Crippen LogP contribution in [0.1, 0.15) is 28.8 Å². The van der Waals surface area contributed by atoms with Crippen LogP contribution in [0.15, 0.2) is 42.5 Å². The number of rotatable bonds is 3. The number of ether oxygens (including phenoxy) is 3. The zero-order chi connectivity index (χ0) is 19.7. The summed E-state index contributed by atoms with van der Waals surface area (Å²) in [5.74, 6) is 0.670. The molecule has 146 valence electrons. The molecule has 0 radical (unpaired) electrons. The van der Waals surface area contributed by atoms with Crippen molar-refractivity contribution in [1.29, 1.82) is 0 Å². The average Bonchev–Trinajstić information content (AvgIpc) is 2.99. The Balaban J connectivity index is 1.57. The molecular formula is C21H22N2O5. The lowest BCUT2D eigenvalue weighted by Crippen LogP contribution is -2.50. The predicted octanol–water partition coefficient (Wildman–Crippen LogP) is 3.40. The van der Waals surface area contributed by atoms with Gasteiger partial charge in [-0.2, -0.15) is 0 Å². The zero-order valence-electron chi connectivity index (χ0n) is 15.9. The number of para-hydroxylation sites is 1. The van der Waals surface area contributed by atoms with E-state index in [1.54, 1.807) is 36.3 Å². The summed E-state index contributed by atoms with van der Waals surface area (Å²) < 4.78 is 16.4. The number of nitrogens with zero attached hydrogens (tertiary/aromatic N) is 1. The number of esters is 1. The smallest absolute Gasteiger partial charge is 0.339 e. The van der Waals surface area contributed by atoms with E-state index in [0.717, 1.165) is 12.0 Å². The van der Waals surface area contributed by atoms with Crippen LogP contribution < -0.4 is 14.8 Å². The first kappa shape index (κ1) is 18.2. The van der Waals surface area contributed by atoms with E-state index in [0.29, 0.717) is 42.3 Å². The van der Waals surface area contributed by atoms with Crippen molar-refractivity contribution in [2.24, 2.45) is 0 Å². The highest BCUT2D eigenvalue weighted by Crippen LogP contribution is 2.43. The summed E-state index contributed by atoms with van der Waals surface area (Å²) in [5.41, 5.74) is 1.19. The highest BCUT2D eigenvalue weighted by Gasteiger charge is 2.48. The number of methoxy groups -OCH3 is 2. The van der Waals surface area contributed by atoms with Gasteiger partial charge in [0.25, 0.3) is 0 Å². The molecule has 0 aromatic heterocycles. The molecule has 4 rings (SSSR count). The largest absolute Gasteiger partial charge is 0.493 e. The molecule has 1 spiro atoms. The molecule has 1 N–H and O–H groups in total. The Bertz CT molecular complexity index is 929. The van der Waals surface area contributed by atoms with E-state index in [2.05, 4.69) is 5.32 Å². The zero-order valence-corrected chi connectivity index (χ0v) is 15.9. The third-order valence-corrected chi connectivity index (χ3v) is 5.31. The third-order valence-electron chi connectivity index (χ3n) is 5.31. The first-order valence-electron chi connectivity index (χ1n) is 9.18. The number of urea groups is 1. The number of hydrogen-bond acceptors (Lipinski definition) is 5. The molecule has 7 nitrogen and oxygen atoms in total. The predicted molar refractivity (Wildman–Crippen MR) is 103 cm³/mol. The number of carbonyl (C=O) groups excluding carboxylic acids is 2. The normalized spacial score (nSPS) is 20.5. The molecule has 1 atom stereocenters. The minimum Gasteiger partial charge on any atom is -0.493 e. The maximum absolute atomic E-state index is 12.9. The molecule has 1 saturated heterocycles. The van der Waals surface area contributed by atoms with E-state index in [1.807, 2.05) is 18.2 Å². The molecule has 2 aliphatic rings. The summed E-state index contributed by atoms with van der Waals surface area (Å²) in [6.45, 7) is 0.896. The maximum atomic E-state index is 12.9. The Morgan fingerprint density at radius 3 is 2.75 bits per heavy atom. The number of piperidine rings is 1. The van der Waals surface area contributed by atoms with Crippen molar-refractivity contribution in [1.82, 2.24) is 4.90 Å². The van der Waals surface area contributed by atoms with Crippen LogP contribution in [-0.4, -0.2) is 44.2 Å². The minimum absolute atomic E-state index is 0.272. The van der Waals surface area contributed by atoms with Crippen molar-refractivity contribution >= 4 is 17.7 Å². The summed E-state index contributed by atoms with van der Waals surface area (Å²) in [7, 11) is 3.07. The van der Waals surface area contributed by atoms with E-state index in [-0.39, 0.29) is 12.0 Å². The number of fused-ring (bicyclic) bond motifs is 2. The number of anilines is 1. The molecule has 0 saturated carbocycles. The molecule has 2 aliphatic heterocycles. The Labute approximate surface area is 163 Å². The average molecular weight is 382 g/mol. The second-order valence-corrected chi connectivity index (χ2v) is 6.93. The fourth-order valence-corrected chi connectivity index (χ4v) is 4.02. The molecule has 0 bridgehead atoms. The van der Waals surface area contributed by atoms with Gasteiger partial charge in [0, 0.05) is 12.1 Å². The number of nitrogens with one attached hydrogen (secondary N) is 1. The topological polar surface area (TPSA) is 77.1 Å². The summed E-state index contributed by atoms with van der Waals surface area (Å²) in [6.07, 6.45) is 1.44. The van der Waals surface area contributed by atoms with Gasteiger partial charge >= 0.3 is 12.0 Å². The lowest BCUT2D eigenvalue weighted by molar-refractivity contribution is -0.0400.